The van der Waals surface area contributed by atoms with E-state index in [4.69, 9.17) is 4.74 Å². The summed E-state index contributed by atoms with van der Waals surface area (Å²) in [6.07, 6.45) is 7.05. The van der Waals surface area contributed by atoms with Crippen LogP contribution in [0.3, 0.4) is 0 Å². The summed E-state index contributed by atoms with van der Waals surface area (Å²) in [5.74, 6) is 0.747. The molecule has 2 aliphatic rings. The average Bonchev–Trinajstić information content (AvgIpc) is 3.25. The molecule has 1 atom stereocenters. The average molecular weight is 279 g/mol. The van der Waals surface area contributed by atoms with Crippen molar-refractivity contribution < 1.29 is 4.74 Å². The second-order valence-electron chi connectivity index (χ2n) is 6.71. The Labute approximate surface area is 123 Å². The molecule has 0 amide bonds. The molecule has 1 unspecified atom stereocenters. The summed E-state index contributed by atoms with van der Waals surface area (Å²) in [7, 11) is 1.79. The number of hydrogen-bond acceptors (Lipinski definition) is 4. The first-order valence-electron chi connectivity index (χ1n) is 8.05. The fraction of sp³-hybridized carbons (Fsp3) is 0.938. The lowest BCUT2D eigenvalue weighted by Gasteiger charge is -2.32. The number of piperidine rings is 1. The zero-order valence-electron chi connectivity index (χ0n) is 13.0. The Kier molecular flexibility index (Phi) is 5.83. The maximum Gasteiger partial charge on any atom is 0.104 e. The summed E-state index contributed by atoms with van der Waals surface area (Å²) < 4.78 is 5.24. The number of nitriles is 1. The van der Waals surface area contributed by atoms with Crippen molar-refractivity contribution in [1.82, 2.24) is 10.2 Å². The fourth-order valence-corrected chi connectivity index (χ4v) is 3.11. The molecule has 1 saturated carbocycles. The van der Waals surface area contributed by atoms with Crippen LogP contribution in [0, 0.1) is 17.2 Å². The van der Waals surface area contributed by atoms with Crippen molar-refractivity contribution in [2.75, 3.05) is 33.4 Å². The van der Waals surface area contributed by atoms with E-state index in [9.17, 15) is 5.26 Å². The van der Waals surface area contributed by atoms with Gasteiger partial charge in [-0.05, 0) is 71.0 Å². The van der Waals surface area contributed by atoms with Crippen LogP contribution >= 0.6 is 0 Å². The largest absolute Gasteiger partial charge is 0.384 e. The van der Waals surface area contributed by atoms with E-state index in [1.165, 1.54) is 38.8 Å². The lowest BCUT2D eigenvalue weighted by molar-refractivity contribution is 0.0982. The number of hydrogen-bond donors (Lipinski definition) is 1. The van der Waals surface area contributed by atoms with Gasteiger partial charge in [0.25, 0.3) is 0 Å². The quantitative estimate of drug-likeness (QED) is 0.739. The number of nitrogens with zero attached hydrogens (tertiary/aromatic N) is 2. The Morgan fingerprint density at radius 1 is 1.30 bits per heavy atom. The molecule has 4 heteroatoms. The van der Waals surface area contributed by atoms with Crippen LogP contribution in [-0.2, 0) is 4.74 Å². The molecular formula is C16H29N3O. The van der Waals surface area contributed by atoms with Crippen LogP contribution in [0.4, 0.5) is 0 Å². The van der Waals surface area contributed by atoms with Gasteiger partial charge < -0.3 is 9.64 Å². The standard InChI is InChI=1S/C16H29N3O/c1-16(13-17,18-15-4-5-15)8-3-9-19-10-6-14(7-11-19)12-20-2/h14-15,18H,3-12H2,1-2H3. The summed E-state index contributed by atoms with van der Waals surface area (Å²) in [5, 5.41) is 12.8. The minimum atomic E-state index is -0.324. The molecule has 0 aromatic rings. The van der Waals surface area contributed by atoms with Gasteiger partial charge in [-0.1, -0.05) is 0 Å². The zero-order valence-corrected chi connectivity index (χ0v) is 13.0. The lowest BCUT2D eigenvalue weighted by Crippen LogP contribution is -2.43. The van der Waals surface area contributed by atoms with Gasteiger partial charge in [0.15, 0.2) is 0 Å². The summed E-state index contributed by atoms with van der Waals surface area (Å²) in [6.45, 7) is 6.46. The van der Waals surface area contributed by atoms with Gasteiger partial charge in [-0.25, -0.2) is 0 Å². The molecule has 0 aromatic heterocycles. The van der Waals surface area contributed by atoms with Crippen LogP contribution in [0.15, 0.2) is 0 Å². The fourth-order valence-electron chi connectivity index (χ4n) is 3.11. The topological polar surface area (TPSA) is 48.3 Å². The summed E-state index contributed by atoms with van der Waals surface area (Å²) in [4.78, 5) is 2.54. The van der Waals surface area contributed by atoms with E-state index in [0.29, 0.717) is 6.04 Å². The summed E-state index contributed by atoms with van der Waals surface area (Å²) >= 11 is 0. The molecule has 1 aliphatic carbocycles. The highest BCUT2D eigenvalue weighted by atomic mass is 16.5. The highest BCUT2D eigenvalue weighted by Gasteiger charge is 2.32. The van der Waals surface area contributed by atoms with Gasteiger partial charge in [0.05, 0.1) is 6.07 Å². The molecule has 20 heavy (non-hydrogen) atoms. The van der Waals surface area contributed by atoms with Crippen molar-refractivity contribution >= 4 is 0 Å². The first kappa shape index (κ1) is 15.8. The highest BCUT2D eigenvalue weighted by molar-refractivity contribution is 5.07. The molecular weight excluding hydrogens is 250 g/mol. The molecule has 1 heterocycles. The molecule has 0 radical (unpaired) electrons. The van der Waals surface area contributed by atoms with Crippen LogP contribution in [-0.4, -0.2) is 49.8 Å². The molecule has 2 fully saturated rings. The van der Waals surface area contributed by atoms with Crippen molar-refractivity contribution in [3.8, 4) is 6.07 Å². The van der Waals surface area contributed by atoms with Gasteiger partial charge in [0, 0.05) is 19.8 Å². The Bertz CT molecular complexity index is 329. The number of likely N-dealkylation sites (tertiary alicyclic amines) is 1. The van der Waals surface area contributed by atoms with E-state index < -0.39 is 0 Å². The van der Waals surface area contributed by atoms with Crippen LogP contribution < -0.4 is 5.32 Å². The Morgan fingerprint density at radius 2 is 2.00 bits per heavy atom. The van der Waals surface area contributed by atoms with E-state index in [-0.39, 0.29) is 5.54 Å². The normalized spacial score (nSPS) is 24.2. The van der Waals surface area contributed by atoms with E-state index in [2.05, 4.69) is 23.2 Å². The predicted molar refractivity (Wildman–Crippen MR) is 80.4 cm³/mol. The number of methoxy groups -OCH3 is 1. The Balaban J connectivity index is 1.62. The third-order valence-electron chi connectivity index (χ3n) is 4.61. The predicted octanol–water partition coefficient (Wildman–Crippen LogP) is 2.16. The van der Waals surface area contributed by atoms with Gasteiger partial charge >= 0.3 is 0 Å². The molecule has 0 bridgehead atoms. The van der Waals surface area contributed by atoms with Crippen molar-refractivity contribution in [3.05, 3.63) is 0 Å². The van der Waals surface area contributed by atoms with E-state index >= 15 is 0 Å². The van der Waals surface area contributed by atoms with Gasteiger partial charge in [-0.3, -0.25) is 5.32 Å². The highest BCUT2D eigenvalue weighted by Crippen LogP contribution is 2.25. The van der Waals surface area contributed by atoms with E-state index in [0.717, 1.165) is 31.9 Å². The van der Waals surface area contributed by atoms with Crippen molar-refractivity contribution in [1.29, 1.82) is 5.26 Å². The van der Waals surface area contributed by atoms with Crippen LogP contribution in [0.25, 0.3) is 0 Å². The number of rotatable bonds is 8. The van der Waals surface area contributed by atoms with E-state index in [1.54, 1.807) is 7.11 Å². The smallest absolute Gasteiger partial charge is 0.104 e. The molecule has 0 spiro atoms. The summed E-state index contributed by atoms with van der Waals surface area (Å²) in [5.41, 5.74) is -0.324. The number of nitrogens with one attached hydrogen (secondary N) is 1. The molecule has 1 N–H and O–H groups in total. The maximum absolute atomic E-state index is 9.35. The Morgan fingerprint density at radius 3 is 2.55 bits per heavy atom. The van der Waals surface area contributed by atoms with Crippen molar-refractivity contribution in [2.45, 2.75) is 57.0 Å². The van der Waals surface area contributed by atoms with Crippen molar-refractivity contribution in [3.63, 3.8) is 0 Å². The van der Waals surface area contributed by atoms with Crippen LogP contribution in [0.5, 0.6) is 0 Å². The molecule has 1 aliphatic heterocycles. The SMILES string of the molecule is COCC1CCN(CCCC(C)(C#N)NC2CC2)CC1. The second kappa shape index (κ2) is 7.40. The van der Waals surface area contributed by atoms with Crippen molar-refractivity contribution in [2.24, 2.45) is 5.92 Å². The monoisotopic (exact) mass is 279 g/mol. The summed E-state index contributed by atoms with van der Waals surface area (Å²) in [6, 6.07) is 3.07. The Hall–Kier alpha value is -0.630. The van der Waals surface area contributed by atoms with Gasteiger partial charge in [-0.15, -0.1) is 0 Å². The minimum Gasteiger partial charge on any atom is -0.384 e. The van der Waals surface area contributed by atoms with Gasteiger partial charge in [0.1, 0.15) is 5.54 Å². The molecule has 114 valence electrons. The molecule has 1 saturated heterocycles. The zero-order chi connectivity index (χ0) is 14.4. The first-order valence-corrected chi connectivity index (χ1v) is 8.05. The van der Waals surface area contributed by atoms with Crippen LogP contribution in [0.2, 0.25) is 0 Å². The lowest BCUT2D eigenvalue weighted by atomic mass is 9.95. The number of ether oxygens (including phenoxy) is 1. The third-order valence-corrected chi connectivity index (χ3v) is 4.61. The minimum absolute atomic E-state index is 0.324. The molecule has 0 aromatic carbocycles. The first-order chi connectivity index (χ1) is 9.65. The van der Waals surface area contributed by atoms with Crippen LogP contribution in [0.1, 0.15) is 45.4 Å². The van der Waals surface area contributed by atoms with Gasteiger partial charge in [0.2, 0.25) is 0 Å². The third kappa shape index (κ3) is 5.05. The second-order valence-corrected chi connectivity index (χ2v) is 6.71. The van der Waals surface area contributed by atoms with E-state index in [1.807, 2.05) is 0 Å². The molecule has 2 rings (SSSR count). The molecule has 4 nitrogen and oxygen atoms in total. The maximum atomic E-state index is 9.35. The van der Waals surface area contributed by atoms with Gasteiger partial charge in [-0.2, -0.15) is 5.26 Å².